The molecule has 0 saturated carbocycles. The number of halogens is 1. The molecule has 1 aromatic rings. The molecule has 0 unspecified atom stereocenters. The van der Waals surface area contributed by atoms with Crippen molar-refractivity contribution < 1.29 is 4.70 Å². The molecule has 0 radical (unpaired) electrons. The highest BCUT2D eigenvalue weighted by atomic mass is 19.0. The summed E-state index contributed by atoms with van der Waals surface area (Å²) in [6.07, 6.45) is 13.2. The smallest absolute Gasteiger partial charge is 0.0222 e. The molecule has 0 bridgehead atoms. The van der Waals surface area contributed by atoms with Gasteiger partial charge in [-0.3, -0.25) is 4.70 Å². The van der Waals surface area contributed by atoms with Crippen LogP contribution < -0.4 is 0 Å². The minimum atomic E-state index is 0. The van der Waals surface area contributed by atoms with Crippen LogP contribution in [0.2, 0.25) is 0 Å². The lowest BCUT2D eigenvalue weighted by molar-refractivity contribution is 0.543. The fourth-order valence-electron chi connectivity index (χ4n) is 2.23. The fraction of sp³-hybridized carbons (Fsp3) is 0.733. The van der Waals surface area contributed by atoms with Gasteiger partial charge >= 0.3 is 0 Å². The summed E-state index contributed by atoms with van der Waals surface area (Å²) in [6, 6.07) is 4.40. The quantitative estimate of drug-likeness (QED) is 0.539. The second kappa shape index (κ2) is 10.4. The van der Waals surface area contributed by atoms with Crippen LogP contribution in [-0.2, 0) is 13.0 Å². The minimum absolute atomic E-state index is 0. The summed E-state index contributed by atoms with van der Waals surface area (Å²) >= 11 is 0. The Labute approximate surface area is 106 Å². The summed E-state index contributed by atoms with van der Waals surface area (Å²) in [7, 11) is 0. The third-order valence-electron chi connectivity index (χ3n) is 3.29. The van der Waals surface area contributed by atoms with Crippen molar-refractivity contribution in [2.75, 3.05) is 0 Å². The summed E-state index contributed by atoms with van der Waals surface area (Å²) in [4.78, 5) is 0. The van der Waals surface area contributed by atoms with Crippen LogP contribution in [0.1, 0.15) is 64.5 Å². The molecule has 0 aromatic carbocycles. The molecule has 1 aromatic heterocycles. The number of aromatic nitrogens is 1. The van der Waals surface area contributed by atoms with Crippen LogP contribution in [0, 0.1) is 0 Å². The zero-order chi connectivity index (χ0) is 11.6. The summed E-state index contributed by atoms with van der Waals surface area (Å²) in [5.41, 5.74) is 1.48. The lowest BCUT2D eigenvalue weighted by Crippen LogP contribution is -2.00. The topological polar surface area (TPSA) is 4.93 Å². The molecule has 0 atom stereocenters. The number of rotatable bonds is 9. The van der Waals surface area contributed by atoms with Gasteiger partial charge in [0.2, 0.25) is 0 Å². The predicted molar refractivity (Wildman–Crippen MR) is 74.3 cm³/mol. The van der Waals surface area contributed by atoms with E-state index in [1.54, 1.807) is 0 Å². The van der Waals surface area contributed by atoms with Gasteiger partial charge in [0, 0.05) is 18.4 Å². The SMILES string of the molecule is CCCCCCCCCn1cccc1CC.F. The molecule has 1 heterocycles. The van der Waals surface area contributed by atoms with Crippen molar-refractivity contribution in [3.8, 4) is 0 Å². The zero-order valence-electron chi connectivity index (χ0n) is 11.5. The van der Waals surface area contributed by atoms with Gasteiger partial charge in [0.05, 0.1) is 0 Å². The van der Waals surface area contributed by atoms with E-state index in [0.29, 0.717) is 0 Å². The van der Waals surface area contributed by atoms with Crippen LogP contribution in [-0.4, -0.2) is 4.57 Å². The van der Waals surface area contributed by atoms with Crippen molar-refractivity contribution in [3.63, 3.8) is 0 Å². The van der Waals surface area contributed by atoms with Crippen LogP contribution >= 0.6 is 0 Å². The number of hydrogen-bond acceptors (Lipinski definition) is 0. The Morgan fingerprint density at radius 3 is 2.24 bits per heavy atom. The Bertz CT molecular complexity index is 268. The Morgan fingerprint density at radius 1 is 0.941 bits per heavy atom. The Kier molecular flexibility index (Phi) is 9.89. The third kappa shape index (κ3) is 6.50. The molecule has 0 aliphatic heterocycles. The van der Waals surface area contributed by atoms with E-state index in [1.165, 1.54) is 57.2 Å². The molecular formula is C15H28FN. The van der Waals surface area contributed by atoms with Gasteiger partial charge in [0.15, 0.2) is 0 Å². The Hall–Kier alpha value is -0.790. The van der Waals surface area contributed by atoms with Crippen LogP contribution in [0.25, 0.3) is 0 Å². The van der Waals surface area contributed by atoms with Gasteiger partial charge in [-0.15, -0.1) is 0 Å². The van der Waals surface area contributed by atoms with Crippen molar-refractivity contribution in [1.82, 2.24) is 4.57 Å². The molecular weight excluding hydrogens is 213 g/mol. The average Bonchev–Trinajstić information content (AvgIpc) is 2.75. The summed E-state index contributed by atoms with van der Waals surface area (Å²) < 4.78 is 2.41. The minimum Gasteiger partial charge on any atom is -0.351 e. The first-order chi connectivity index (χ1) is 7.88. The van der Waals surface area contributed by atoms with Crippen LogP contribution in [0.5, 0.6) is 0 Å². The van der Waals surface area contributed by atoms with Gasteiger partial charge in [0.1, 0.15) is 0 Å². The van der Waals surface area contributed by atoms with E-state index in [9.17, 15) is 0 Å². The first-order valence-electron chi connectivity index (χ1n) is 7.02. The van der Waals surface area contributed by atoms with Crippen molar-refractivity contribution >= 4 is 0 Å². The van der Waals surface area contributed by atoms with Gasteiger partial charge in [0.25, 0.3) is 0 Å². The summed E-state index contributed by atoms with van der Waals surface area (Å²) in [6.45, 7) is 5.72. The monoisotopic (exact) mass is 241 g/mol. The van der Waals surface area contributed by atoms with E-state index in [2.05, 4.69) is 36.7 Å². The maximum Gasteiger partial charge on any atom is 0.0222 e. The standard InChI is InChI=1S/C15H27N.FH/c1-3-5-6-7-8-9-10-13-16-14-11-12-15(16)4-2;/h11-12,14H,3-10,13H2,1-2H3;1H. The largest absolute Gasteiger partial charge is 0.351 e. The van der Waals surface area contributed by atoms with E-state index >= 15 is 0 Å². The molecule has 0 N–H and O–H groups in total. The van der Waals surface area contributed by atoms with Gasteiger partial charge in [-0.1, -0.05) is 52.4 Å². The van der Waals surface area contributed by atoms with E-state index in [4.69, 9.17) is 0 Å². The molecule has 0 fully saturated rings. The van der Waals surface area contributed by atoms with Crippen molar-refractivity contribution in [1.29, 1.82) is 0 Å². The van der Waals surface area contributed by atoms with Crippen LogP contribution in [0.3, 0.4) is 0 Å². The molecule has 2 heteroatoms. The predicted octanol–water partition coefficient (Wildman–Crippen LogP) is 4.95. The second-order valence-electron chi connectivity index (χ2n) is 4.67. The number of hydrogen-bond donors (Lipinski definition) is 0. The average molecular weight is 241 g/mol. The van der Waals surface area contributed by atoms with E-state index < -0.39 is 0 Å². The molecule has 0 saturated heterocycles. The number of unbranched alkanes of at least 4 members (excludes halogenated alkanes) is 6. The second-order valence-corrected chi connectivity index (χ2v) is 4.67. The molecule has 17 heavy (non-hydrogen) atoms. The van der Waals surface area contributed by atoms with Gasteiger partial charge in [-0.25, -0.2) is 0 Å². The molecule has 0 spiro atoms. The van der Waals surface area contributed by atoms with Gasteiger partial charge in [-0.2, -0.15) is 0 Å². The molecule has 0 aliphatic rings. The maximum atomic E-state index is 2.41. The fourth-order valence-corrected chi connectivity index (χ4v) is 2.23. The first kappa shape index (κ1) is 16.2. The van der Waals surface area contributed by atoms with E-state index in [0.717, 1.165) is 6.42 Å². The van der Waals surface area contributed by atoms with E-state index in [-0.39, 0.29) is 4.70 Å². The van der Waals surface area contributed by atoms with Crippen molar-refractivity contribution in [2.24, 2.45) is 0 Å². The van der Waals surface area contributed by atoms with Crippen molar-refractivity contribution in [3.05, 3.63) is 24.0 Å². The lowest BCUT2D eigenvalue weighted by Gasteiger charge is -2.07. The molecule has 0 amide bonds. The first-order valence-corrected chi connectivity index (χ1v) is 7.02. The summed E-state index contributed by atoms with van der Waals surface area (Å²) in [5, 5.41) is 0. The Balaban J connectivity index is 0.00000256. The maximum absolute atomic E-state index is 2.41. The highest BCUT2D eigenvalue weighted by molar-refractivity contribution is 5.06. The molecule has 1 rings (SSSR count). The van der Waals surface area contributed by atoms with Crippen LogP contribution in [0.4, 0.5) is 4.70 Å². The third-order valence-corrected chi connectivity index (χ3v) is 3.29. The summed E-state index contributed by atoms with van der Waals surface area (Å²) in [5.74, 6) is 0. The Morgan fingerprint density at radius 2 is 1.59 bits per heavy atom. The van der Waals surface area contributed by atoms with Crippen LogP contribution in [0.15, 0.2) is 18.3 Å². The van der Waals surface area contributed by atoms with Crippen molar-refractivity contribution in [2.45, 2.75) is 71.8 Å². The van der Waals surface area contributed by atoms with Gasteiger partial charge in [-0.05, 0) is 25.0 Å². The number of nitrogens with zero attached hydrogens (tertiary/aromatic N) is 1. The van der Waals surface area contributed by atoms with E-state index in [1.807, 2.05) is 0 Å². The molecule has 1 nitrogen and oxygen atoms in total. The highest BCUT2D eigenvalue weighted by Gasteiger charge is 1.97. The normalized spacial score (nSPS) is 10.2. The molecule has 0 aliphatic carbocycles. The molecule has 100 valence electrons. The van der Waals surface area contributed by atoms with Gasteiger partial charge < -0.3 is 4.57 Å². The highest BCUT2D eigenvalue weighted by Crippen LogP contribution is 2.09. The zero-order valence-corrected chi connectivity index (χ0v) is 11.5. The lowest BCUT2D eigenvalue weighted by atomic mass is 10.1. The number of aryl methyl sites for hydroxylation is 2.